The fourth-order valence-electron chi connectivity index (χ4n) is 3.82. The Morgan fingerprint density at radius 3 is 2.70 bits per heavy atom. The van der Waals surface area contributed by atoms with Crippen molar-refractivity contribution in [2.75, 3.05) is 19.6 Å². The molecule has 2 heterocycles. The Kier molecular flexibility index (Phi) is 6.50. The van der Waals surface area contributed by atoms with E-state index in [0.717, 1.165) is 38.2 Å². The van der Waals surface area contributed by atoms with Gasteiger partial charge < -0.3 is 15.2 Å². The van der Waals surface area contributed by atoms with Crippen LogP contribution in [0.15, 0.2) is 34.9 Å². The van der Waals surface area contributed by atoms with Crippen molar-refractivity contribution in [1.29, 1.82) is 0 Å². The third-order valence-corrected chi connectivity index (χ3v) is 5.53. The molecule has 1 saturated heterocycles. The summed E-state index contributed by atoms with van der Waals surface area (Å²) in [7, 11) is 0. The van der Waals surface area contributed by atoms with Gasteiger partial charge in [-0.25, -0.2) is 0 Å². The van der Waals surface area contributed by atoms with Crippen molar-refractivity contribution >= 4 is 18.3 Å². The maximum absolute atomic E-state index is 12.6. The SMILES string of the molecule is Cl.NC[C@@H]1CN(C(=O)CCCc2nc(C3CC3)no2)C[C@H]1c1ccccc1. The Labute approximate surface area is 165 Å². The molecule has 0 spiro atoms. The van der Waals surface area contributed by atoms with Crippen molar-refractivity contribution < 1.29 is 9.32 Å². The molecular weight excluding hydrogens is 364 g/mol. The van der Waals surface area contributed by atoms with E-state index in [1.165, 1.54) is 5.56 Å². The average molecular weight is 391 g/mol. The first kappa shape index (κ1) is 19.8. The minimum absolute atomic E-state index is 0. The van der Waals surface area contributed by atoms with Crippen LogP contribution in [0, 0.1) is 5.92 Å². The zero-order valence-corrected chi connectivity index (χ0v) is 16.2. The number of amides is 1. The van der Waals surface area contributed by atoms with Gasteiger partial charge in [0.1, 0.15) is 0 Å². The van der Waals surface area contributed by atoms with E-state index in [0.29, 0.717) is 43.0 Å². The van der Waals surface area contributed by atoms with Gasteiger partial charge in [0.15, 0.2) is 5.82 Å². The van der Waals surface area contributed by atoms with Gasteiger partial charge in [0, 0.05) is 37.8 Å². The smallest absolute Gasteiger partial charge is 0.226 e. The zero-order chi connectivity index (χ0) is 17.9. The fraction of sp³-hybridized carbons (Fsp3) is 0.550. The van der Waals surface area contributed by atoms with Crippen molar-refractivity contribution in [1.82, 2.24) is 15.0 Å². The lowest BCUT2D eigenvalue weighted by molar-refractivity contribution is -0.130. The standard InChI is InChI=1S/C20H26N4O2.ClH/c21-11-16-12-24(13-17(16)14-5-2-1-3-6-14)19(25)8-4-7-18-22-20(23-26-18)15-9-10-15;/h1-3,5-6,15-17H,4,7-13,21H2;1H/t16-,17+;/m1./s1. The Balaban J connectivity index is 0.00000210. The van der Waals surface area contributed by atoms with E-state index >= 15 is 0 Å². The number of nitrogens with zero attached hydrogens (tertiary/aromatic N) is 3. The molecule has 0 bridgehead atoms. The number of carbonyl (C=O) groups excluding carboxylic acids is 1. The zero-order valence-electron chi connectivity index (χ0n) is 15.4. The lowest BCUT2D eigenvalue weighted by atomic mass is 9.89. The minimum atomic E-state index is 0. The molecule has 4 rings (SSSR count). The second-order valence-electron chi connectivity index (χ2n) is 7.49. The topological polar surface area (TPSA) is 85.2 Å². The molecule has 1 aliphatic heterocycles. The Hall–Kier alpha value is -1.92. The van der Waals surface area contributed by atoms with Gasteiger partial charge in [-0.2, -0.15) is 4.98 Å². The van der Waals surface area contributed by atoms with Crippen molar-refractivity contribution in [3.05, 3.63) is 47.6 Å². The van der Waals surface area contributed by atoms with Gasteiger partial charge in [-0.15, -0.1) is 12.4 Å². The van der Waals surface area contributed by atoms with Gasteiger partial charge >= 0.3 is 0 Å². The molecule has 0 radical (unpaired) electrons. The van der Waals surface area contributed by atoms with Gasteiger partial charge in [0.2, 0.25) is 11.8 Å². The van der Waals surface area contributed by atoms with E-state index in [1.807, 2.05) is 23.1 Å². The summed E-state index contributed by atoms with van der Waals surface area (Å²) in [6.07, 6.45) is 4.25. The fourth-order valence-corrected chi connectivity index (χ4v) is 3.82. The Morgan fingerprint density at radius 2 is 2.00 bits per heavy atom. The van der Waals surface area contributed by atoms with Crippen LogP contribution in [-0.4, -0.2) is 40.6 Å². The monoisotopic (exact) mass is 390 g/mol. The van der Waals surface area contributed by atoms with Crippen LogP contribution in [0.3, 0.4) is 0 Å². The van der Waals surface area contributed by atoms with E-state index in [-0.39, 0.29) is 18.3 Å². The number of benzene rings is 1. The van der Waals surface area contributed by atoms with Crippen molar-refractivity contribution in [2.24, 2.45) is 11.7 Å². The molecule has 1 aromatic heterocycles. The van der Waals surface area contributed by atoms with Crippen LogP contribution in [0.25, 0.3) is 0 Å². The summed E-state index contributed by atoms with van der Waals surface area (Å²) < 4.78 is 5.28. The largest absolute Gasteiger partial charge is 0.342 e. The molecule has 146 valence electrons. The number of nitrogens with two attached hydrogens (primary N) is 1. The molecule has 1 amide bonds. The summed E-state index contributed by atoms with van der Waals surface area (Å²) in [4.78, 5) is 19.0. The molecule has 1 aliphatic carbocycles. The molecule has 1 aromatic carbocycles. The lowest BCUT2D eigenvalue weighted by Crippen LogP contribution is -2.29. The normalized spacial score (nSPS) is 21.9. The van der Waals surface area contributed by atoms with Gasteiger partial charge in [0.25, 0.3) is 0 Å². The highest BCUT2D eigenvalue weighted by Gasteiger charge is 2.35. The van der Waals surface area contributed by atoms with Crippen LogP contribution in [0.1, 0.15) is 54.8 Å². The highest BCUT2D eigenvalue weighted by Crippen LogP contribution is 2.38. The number of likely N-dealkylation sites (tertiary alicyclic amines) is 1. The van der Waals surface area contributed by atoms with Crippen LogP contribution in [-0.2, 0) is 11.2 Å². The van der Waals surface area contributed by atoms with Gasteiger partial charge in [-0.3, -0.25) is 4.79 Å². The van der Waals surface area contributed by atoms with Crippen LogP contribution in [0.2, 0.25) is 0 Å². The van der Waals surface area contributed by atoms with E-state index in [9.17, 15) is 4.79 Å². The maximum Gasteiger partial charge on any atom is 0.226 e. The summed E-state index contributed by atoms with van der Waals surface area (Å²) in [5.74, 6) is 2.86. The predicted octanol–water partition coefficient (Wildman–Crippen LogP) is 2.89. The number of rotatable bonds is 7. The Bertz CT molecular complexity index is 747. The molecule has 6 nitrogen and oxygen atoms in total. The van der Waals surface area contributed by atoms with E-state index in [1.54, 1.807) is 0 Å². The van der Waals surface area contributed by atoms with Crippen LogP contribution >= 0.6 is 12.4 Å². The molecule has 2 aromatic rings. The van der Waals surface area contributed by atoms with Gasteiger partial charge in [-0.1, -0.05) is 35.5 Å². The molecule has 1 saturated carbocycles. The molecule has 2 N–H and O–H groups in total. The summed E-state index contributed by atoms with van der Waals surface area (Å²) in [6.45, 7) is 2.12. The first-order valence-corrected chi connectivity index (χ1v) is 9.60. The summed E-state index contributed by atoms with van der Waals surface area (Å²) in [5.41, 5.74) is 7.24. The van der Waals surface area contributed by atoms with E-state index in [2.05, 4.69) is 22.3 Å². The van der Waals surface area contributed by atoms with Crippen molar-refractivity contribution in [2.45, 2.75) is 43.9 Å². The highest BCUT2D eigenvalue weighted by atomic mass is 35.5. The second kappa shape index (κ2) is 8.85. The number of carbonyl (C=O) groups is 1. The van der Waals surface area contributed by atoms with Gasteiger partial charge in [-0.05, 0) is 37.3 Å². The summed E-state index contributed by atoms with van der Waals surface area (Å²) in [6, 6.07) is 10.4. The number of hydrogen-bond acceptors (Lipinski definition) is 5. The molecular formula is C20H27ClN4O2. The summed E-state index contributed by atoms with van der Waals surface area (Å²) in [5, 5.41) is 4.02. The first-order valence-electron chi connectivity index (χ1n) is 9.60. The van der Waals surface area contributed by atoms with Crippen molar-refractivity contribution in [3.8, 4) is 0 Å². The Morgan fingerprint density at radius 1 is 1.22 bits per heavy atom. The van der Waals surface area contributed by atoms with Gasteiger partial charge in [0.05, 0.1) is 0 Å². The average Bonchev–Trinajstić information content (AvgIpc) is 3.26. The molecule has 2 atom stereocenters. The van der Waals surface area contributed by atoms with E-state index < -0.39 is 0 Å². The number of hydrogen-bond donors (Lipinski definition) is 1. The molecule has 0 unspecified atom stereocenters. The summed E-state index contributed by atoms with van der Waals surface area (Å²) >= 11 is 0. The number of aromatic nitrogens is 2. The molecule has 2 aliphatic rings. The third-order valence-electron chi connectivity index (χ3n) is 5.53. The lowest BCUT2D eigenvalue weighted by Gasteiger charge is -2.16. The highest BCUT2D eigenvalue weighted by molar-refractivity contribution is 5.85. The van der Waals surface area contributed by atoms with E-state index in [4.69, 9.17) is 10.3 Å². The number of aryl methyl sites for hydroxylation is 1. The van der Waals surface area contributed by atoms with Crippen molar-refractivity contribution in [3.63, 3.8) is 0 Å². The molecule has 7 heteroatoms. The van der Waals surface area contributed by atoms with Crippen LogP contribution < -0.4 is 5.73 Å². The predicted molar refractivity (Wildman–Crippen MR) is 105 cm³/mol. The van der Waals surface area contributed by atoms with Crippen LogP contribution in [0.5, 0.6) is 0 Å². The molecule has 2 fully saturated rings. The second-order valence-corrected chi connectivity index (χ2v) is 7.49. The van der Waals surface area contributed by atoms with Crippen LogP contribution in [0.4, 0.5) is 0 Å². The minimum Gasteiger partial charge on any atom is -0.342 e. The first-order chi connectivity index (χ1) is 12.7. The third kappa shape index (κ3) is 4.68. The maximum atomic E-state index is 12.6. The quantitative estimate of drug-likeness (QED) is 0.785. The number of halogens is 1. The molecule has 27 heavy (non-hydrogen) atoms.